The molecule has 0 aliphatic heterocycles. The zero-order valence-electron chi connectivity index (χ0n) is 18.0. The minimum atomic E-state index is -0.383. The van der Waals surface area contributed by atoms with E-state index in [1.165, 1.54) is 35.9 Å². The van der Waals surface area contributed by atoms with Crippen LogP contribution in [0.15, 0.2) is 91.3 Å². The molecule has 5 heteroatoms. The predicted molar refractivity (Wildman–Crippen MR) is 124 cm³/mol. The van der Waals surface area contributed by atoms with Crippen molar-refractivity contribution < 1.29 is 13.6 Å². The summed E-state index contributed by atoms with van der Waals surface area (Å²) in [4.78, 5) is 16.4. The zero-order chi connectivity index (χ0) is 22.8. The average molecular weight is 433 g/mol. The first-order chi connectivity index (χ1) is 15.5. The van der Waals surface area contributed by atoms with Crippen molar-refractivity contribution in [3.8, 4) is 0 Å². The molecule has 1 atom stereocenters. The van der Waals surface area contributed by atoms with E-state index in [1.807, 2.05) is 25.3 Å². The highest BCUT2D eigenvalue weighted by molar-refractivity contribution is 5.89. The van der Waals surface area contributed by atoms with Crippen molar-refractivity contribution in [3.05, 3.63) is 120 Å². The van der Waals surface area contributed by atoms with Gasteiger partial charge < -0.3 is 5.32 Å². The molecular weight excluding hydrogens is 406 g/mol. The first-order valence-electron chi connectivity index (χ1n) is 10.6. The SMILES string of the molecule is C[C@H](CCCc1cccnc1)NC(=O)C=CC=C(c1cccc(F)c1)c1cccc(F)c1. The summed E-state index contributed by atoms with van der Waals surface area (Å²) in [5, 5.41) is 2.95. The number of aromatic nitrogens is 1. The average Bonchev–Trinajstić information content (AvgIpc) is 2.77. The van der Waals surface area contributed by atoms with E-state index in [-0.39, 0.29) is 23.6 Å². The summed E-state index contributed by atoms with van der Waals surface area (Å²) in [6.45, 7) is 1.97. The van der Waals surface area contributed by atoms with Gasteiger partial charge in [0.1, 0.15) is 11.6 Å². The number of nitrogens with one attached hydrogen (secondary N) is 1. The van der Waals surface area contributed by atoms with Crippen molar-refractivity contribution in [1.82, 2.24) is 10.3 Å². The number of rotatable bonds is 9. The molecule has 2 aromatic carbocycles. The van der Waals surface area contributed by atoms with Crippen LogP contribution in [0.25, 0.3) is 5.57 Å². The molecule has 0 fully saturated rings. The lowest BCUT2D eigenvalue weighted by Gasteiger charge is -2.12. The molecule has 1 aromatic heterocycles. The van der Waals surface area contributed by atoms with Crippen molar-refractivity contribution in [3.63, 3.8) is 0 Å². The molecule has 0 bridgehead atoms. The number of carbonyl (C=O) groups is 1. The molecule has 0 aliphatic carbocycles. The molecule has 0 radical (unpaired) electrons. The van der Waals surface area contributed by atoms with Gasteiger partial charge in [-0.1, -0.05) is 42.5 Å². The van der Waals surface area contributed by atoms with E-state index in [9.17, 15) is 13.6 Å². The fourth-order valence-corrected chi connectivity index (χ4v) is 3.42. The van der Waals surface area contributed by atoms with Gasteiger partial charge in [0.25, 0.3) is 0 Å². The van der Waals surface area contributed by atoms with Crippen molar-refractivity contribution >= 4 is 11.5 Å². The third kappa shape index (κ3) is 7.27. The second-order valence-corrected chi connectivity index (χ2v) is 7.62. The Balaban J connectivity index is 1.62. The van der Waals surface area contributed by atoms with E-state index in [1.54, 1.807) is 42.6 Å². The molecule has 1 heterocycles. The first kappa shape index (κ1) is 23.1. The summed E-state index contributed by atoms with van der Waals surface area (Å²) in [6, 6.07) is 16.2. The van der Waals surface area contributed by atoms with Gasteiger partial charge in [0, 0.05) is 24.5 Å². The van der Waals surface area contributed by atoms with Crippen LogP contribution in [-0.2, 0) is 11.2 Å². The van der Waals surface area contributed by atoms with Crippen LogP contribution in [0.5, 0.6) is 0 Å². The van der Waals surface area contributed by atoms with Gasteiger partial charge in [-0.2, -0.15) is 0 Å². The molecule has 0 spiro atoms. The Labute approximate surface area is 187 Å². The molecule has 0 unspecified atom stereocenters. The number of carbonyl (C=O) groups excluding carboxylic acids is 1. The second kappa shape index (κ2) is 11.7. The second-order valence-electron chi connectivity index (χ2n) is 7.62. The number of nitrogens with zero attached hydrogens (tertiary/aromatic N) is 1. The quantitative estimate of drug-likeness (QED) is 0.339. The van der Waals surface area contributed by atoms with Gasteiger partial charge in [0.15, 0.2) is 0 Å². The number of benzene rings is 2. The Morgan fingerprint density at radius 2 is 1.72 bits per heavy atom. The van der Waals surface area contributed by atoms with Gasteiger partial charge >= 0.3 is 0 Å². The van der Waals surface area contributed by atoms with Gasteiger partial charge in [-0.3, -0.25) is 9.78 Å². The maximum atomic E-state index is 13.7. The number of amides is 1. The molecule has 32 heavy (non-hydrogen) atoms. The number of hydrogen-bond donors (Lipinski definition) is 1. The summed E-state index contributed by atoms with van der Waals surface area (Å²) in [5.41, 5.74) is 3.00. The largest absolute Gasteiger partial charge is 0.350 e. The molecule has 0 aliphatic rings. The highest BCUT2D eigenvalue weighted by Crippen LogP contribution is 2.24. The molecule has 164 valence electrons. The van der Waals surface area contributed by atoms with E-state index in [0.29, 0.717) is 16.7 Å². The Kier molecular flexibility index (Phi) is 8.44. The number of allylic oxidation sites excluding steroid dienone is 2. The van der Waals surface area contributed by atoms with Crippen LogP contribution >= 0.6 is 0 Å². The lowest BCUT2D eigenvalue weighted by Crippen LogP contribution is -2.31. The van der Waals surface area contributed by atoms with Crippen molar-refractivity contribution in [2.24, 2.45) is 0 Å². The number of hydrogen-bond acceptors (Lipinski definition) is 2. The molecule has 0 saturated carbocycles. The van der Waals surface area contributed by atoms with Gasteiger partial charge in [-0.25, -0.2) is 8.78 Å². The maximum absolute atomic E-state index is 13.7. The number of pyridine rings is 1. The third-order valence-electron chi connectivity index (χ3n) is 5.00. The van der Waals surface area contributed by atoms with E-state index < -0.39 is 0 Å². The van der Waals surface area contributed by atoms with Crippen LogP contribution in [0.2, 0.25) is 0 Å². The van der Waals surface area contributed by atoms with Gasteiger partial charge in [0.05, 0.1) is 0 Å². The van der Waals surface area contributed by atoms with E-state index >= 15 is 0 Å². The topological polar surface area (TPSA) is 42.0 Å². The molecule has 3 nitrogen and oxygen atoms in total. The Hall–Kier alpha value is -3.60. The highest BCUT2D eigenvalue weighted by atomic mass is 19.1. The summed E-state index contributed by atoms with van der Waals surface area (Å²) in [6.07, 6.45) is 11.0. The van der Waals surface area contributed by atoms with E-state index in [0.717, 1.165) is 19.3 Å². The molecule has 3 rings (SSSR count). The van der Waals surface area contributed by atoms with Crippen molar-refractivity contribution in [2.75, 3.05) is 0 Å². The molecule has 3 aromatic rings. The third-order valence-corrected chi connectivity index (χ3v) is 5.00. The predicted octanol–water partition coefficient (Wildman–Crippen LogP) is 5.88. The Morgan fingerprint density at radius 1 is 1.03 bits per heavy atom. The normalized spacial score (nSPS) is 11.8. The van der Waals surface area contributed by atoms with Crippen LogP contribution in [0.4, 0.5) is 8.78 Å². The first-order valence-corrected chi connectivity index (χ1v) is 10.6. The fourth-order valence-electron chi connectivity index (χ4n) is 3.42. The zero-order valence-corrected chi connectivity index (χ0v) is 18.0. The fraction of sp³-hybridized carbons (Fsp3) is 0.185. The lowest BCUT2D eigenvalue weighted by molar-refractivity contribution is -0.117. The lowest BCUT2D eigenvalue weighted by atomic mass is 9.97. The molecule has 1 N–H and O–H groups in total. The number of aryl methyl sites for hydroxylation is 1. The van der Waals surface area contributed by atoms with Crippen LogP contribution in [0.1, 0.15) is 36.5 Å². The summed E-state index contributed by atoms with van der Waals surface area (Å²) in [5.74, 6) is -0.980. The highest BCUT2D eigenvalue weighted by Gasteiger charge is 2.08. The maximum Gasteiger partial charge on any atom is 0.244 e. The Morgan fingerprint density at radius 3 is 2.31 bits per heavy atom. The summed E-state index contributed by atoms with van der Waals surface area (Å²) >= 11 is 0. The standard InChI is InChI=1S/C27H26F2N2O/c1-20(7-2-8-21-9-6-16-30-19-21)31-27(32)15-5-14-26(22-10-3-12-24(28)17-22)23-11-4-13-25(29)18-23/h3-6,9-20H,2,7-8H2,1H3,(H,31,32)/t20-/m1/s1. The summed E-state index contributed by atoms with van der Waals surface area (Å²) in [7, 11) is 0. The van der Waals surface area contributed by atoms with E-state index in [4.69, 9.17) is 0 Å². The summed E-state index contributed by atoms with van der Waals surface area (Å²) < 4.78 is 27.5. The minimum absolute atomic E-state index is 0.0266. The van der Waals surface area contributed by atoms with Crippen LogP contribution in [0, 0.1) is 11.6 Å². The van der Waals surface area contributed by atoms with Gasteiger partial charge in [-0.15, -0.1) is 0 Å². The van der Waals surface area contributed by atoms with Gasteiger partial charge in [0.2, 0.25) is 5.91 Å². The van der Waals surface area contributed by atoms with Crippen LogP contribution < -0.4 is 5.32 Å². The van der Waals surface area contributed by atoms with Gasteiger partial charge in [-0.05, 0) is 78.8 Å². The molecule has 1 amide bonds. The minimum Gasteiger partial charge on any atom is -0.350 e. The molecule has 0 saturated heterocycles. The Bertz CT molecular complexity index is 1050. The monoisotopic (exact) mass is 432 g/mol. The molecular formula is C27H26F2N2O. The van der Waals surface area contributed by atoms with Crippen LogP contribution in [0.3, 0.4) is 0 Å². The smallest absolute Gasteiger partial charge is 0.244 e. The van der Waals surface area contributed by atoms with E-state index in [2.05, 4.69) is 10.3 Å². The number of halogens is 2. The van der Waals surface area contributed by atoms with Crippen LogP contribution in [-0.4, -0.2) is 16.9 Å². The van der Waals surface area contributed by atoms with Crippen molar-refractivity contribution in [1.29, 1.82) is 0 Å². The van der Waals surface area contributed by atoms with Crippen molar-refractivity contribution in [2.45, 2.75) is 32.2 Å².